The number of halogens is 1. The first-order valence-electron chi connectivity index (χ1n) is 9.47. The molecule has 0 N–H and O–H groups in total. The topological polar surface area (TPSA) is 68.7 Å². The Morgan fingerprint density at radius 3 is 2.45 bits per heavy atom. The van der Waals surface area contributed by atoms with Crippen molar-refractivity contribution in [1.82, 2.24) is 9.29 Å². The predicted molar refractivity (Wildman–Crippen MR) is 107 cm³/mol. The number of nitrogens with zero attached hydrogens (tertiary/aromatic N) is 2. The van der Waals surface area contributed by atoms with Crippen LogP contribution in [0, 0.1) is 12.9 Å². The van der Waals surface area contributed by atoms with Gasteiger partial charge in [-0.1, -0.05) is 30.3 Å². The number of sulfonamides is 1. The van der Waals surface area contributed by atoms with Crippen LogP contribution < -0.4 is 4.74 Å². The fourth-order valence-corrected chi connectivity index (χ4v) is 4.78. The van der Waals surface area contributed by atoms with Crippen molar-refractivity contribution in [3.05, 3.63) is 66.3 Å². The van der Waals surface area contributed by atoms with Gasteiger partial charge in [0.2, 0.25) is 21.9 Å². The van der Waals surface area contributed by atoms with Gasteiger partial charge in [0.1, 0.15) is 5.76 Å². The average Bonchev–Trinajstić information content (AvgIpc) is 2.69. The highest BCUT2D eigenvalue weighted by molar-refractivity contribution is 7.89. The van der Waals surface area contributed by atoms with E-state index in [2.05, 4.69) is 11.6 Å². The number of aromatic nitrogens is 1. The Hall–Kier alpha value is -2.45. The van der Waals surface area contributed by atoms with Gasteiger partial charge in [-0.25, -0.2) is 8.42 Å². The molecule has 8 heteroatoms. The van der Waals surface area contributed by atoms with Crippen molar-refractivity contribution in [3.8, 4) is 5.88 Å². The molecule has 6 nitrogen and oxygen atoms in total. The van der Waals surface area contributed by atoms with E-state index in [-0.39, 0.29) is 23.9 Å². The Kier molecular flexibility index (Phi) is 6.24. The van der Waals surface area contributed by atoms with E-state index in [0.29, 0.717) is 25.2 Å². The van der Waals surface area contributed by atoms with E-state index in [0.717, 1.165) is 5.56 Å². The summed E-state index contributed by atoms with van der Waals surface area (Å²) >= 11 is 0. The largest absolute Gasteiger partial charge is 0.495 e. The van der Waals surface area contributed by atoms with Crippen molar-refractivity contribution in [2.75, 3.05) is 19.7 Å². The molecular weight excluding hydrogens is 395 g/mol. The predicted octanol–water partition coefficient (Wildman–Crippen LogP) is 3.68. The van der Waals surface area contributed by atoms with Crippen molar-refractivity contribution in [2.45, 2.75) is 37.2 Å². The molecule has 2 aromatic rings. The molecule has 1 saturated heterocycles. The van der Waals surface area contributed by atoms with E-state index in [4.69, 9.17) is 9.47 Å². The third-order valence-corrected chi connectivity index (χ3v) is 6.92. The third-order valence-electron chi connectivity index (χ3n) is 5.01. The zero-order valence-corrected chi connectivity index (χ0v) is 17.4. The van der Waals surface area contributed by atoms with Gasteiger partial charge in [-0.15, -0.1) is 0 Å². The number of piperidine rings is 1. The lowest BCUT2D eigenvalue weighted by atomic mass is 9.90. The Bertz CT molecular complexity index is 968. The van der Waals surface area contributed by atoms with Gasteiger partial charge >= 0.3 is 0 Å². The number of pyridine rings is 1. The molecule has 1 aliphatic heterocycles. The van der Waals surface area contributed by atoms with Gasteiger partial charge in [0.25, 0.3) is 0 Å². The lowest BCUT2D eigenvalue weighted by Crippen LogP contribution is -2.51. The molecule has 1 aromatic carbocycles. The second kappa shape index (κ2) is 8.51. The zero-order valence-electron chi connectivity index (χ0n) is 16.6. The maximum absolute atomic E-state index is 13.5. The molecule has 0 bridgehead atoms. The highest BCUT2D eigenvalue weighted by atomic mass is 32.2. The van der Waals surface area contributed by atoms with Gasteiger partial charge in [-0.2, -0.15) is 13.7 Å². The summed E-state index contributed by atoms with van der Waals surface area (Å²) in [5.41, 5.74) is 0.0152. The normalized spacial score (nSPS) is 16.9. The Labute approximate surface area is 171 Å². The molecule has 0 aliphatic carbocycles. The van der Waals surface area contributed by atoms with Gasteiger partial charge in [0.05, 0.1) is 11.5 Å². The molecule has 0 amide bonds. The number of benzene rings is 1. The van der Waals surface area contributed by atoms with Crippen molar-refractivity contribution in [2.24, 2.45) is 0 Å². The second-order valence-corrected chi connectivity index (χ2v) is 8.91. The van der Waals surface area contributed by atoms with Crippen LogP contribution in [0.1, 0.15) is 25.3 Å². The third kappa shape index (κ3) is 4.59. The van der Waals surface area contributed by atoms with Gasteiger partial charge in [0.15, 0.2) is 5.60 Å². The lowest BCUT2D eigenvalue weighted by molar-refractivity contribution is -0.00413. The van der Waals surface area contributed by atoms with Crippen molar-refractivity contribution < 1.29 is 22.3 Å². The van der Waals surface area contributed by atoms with E-state index in [1.54, 1.807) is 30.3 Å². The summed E-state index contributed by atoms with van der Waals surface area (Å²) in [5, 5.41) is 0. The summed E-state index contributed by atoms with van der Waals surface area (Å²) in [6.07, 6.45) is 0.629. The van der Waals surface area contributed by atoms with Crippen molar-refractivity contribution in [1.29, 1.82) is 0 Å². The smallest absolute Gasteiger partial charge is 0.243 e. The fraction of sp³-hybridized carbons (Fsp3) is 0.381. The van der Waals surface area contributed by atoms with Crippen LogP contribution in [-0.2, 0) is 14.8 Å². The molecule has 1 fully saturated rings. The molecule has 0 saturated carbocycles. The zero-order chi connectivity index (χ0) is 21.1. The number of aryl methyl sites for hydroxylation is 1. The molecule has 1 aromatic heterocycles. The molecule has 156 valence electrons. The number of hydrogen-bond acceptors (Lipinski definition) is 5. The highest BCUT2D eigenvalue weighted by Crippen LogP contribution is 2.36. The Morgan fingerprint density at radius 1 is 1.21 bits per heavy atom. The van der Waals surface area contributed by atoms with Gasteiger partial charge in [-0.05, 0) is 32.0 Å². The summed E-state index contributed by atoms with van der Waals surface area (Å²) in [6.45, 7) is 8.55. The van der Waals surface area contributed by atoms with Gasteiger partial charge in [0, 0.05) is 32.0 Å². The maximum Gasteiger partial charge on any atom is 0.243 e. The minimum atomic E-state index is -3.61. The van der Waals surface area contributed by atoms with Crippen LogP contribution in [0.5, 0.6) is 5.88 Å². The second-order valence-electron chi connectivity index (χ2n) is 6.97. The van der Waals surface area contributed by atoms with Crippen LogP contribution >= 0.6 is 0 Å². The molecule has 1 aliphatic rings. The van der Waals surface area contributed by atoms with E-state index in [1.807, 2.05) is 13.8 Å². The summed E-state index contributed by atoms with van der Waals surface area (Å²) < 4.78 is 52.5. The Balaban J connectivity index is 1.82. The first-order valence-corrected chi connectivity index (χ1v) is 10.9. The van der Waals surface area contributed by atoms with Crippen LogP contribution in [0.4, 0.5) is 4.39 Å². The summed E-state index contributed by atoms with van der Waals surface area (Å²) in [6, 6.07) is 11.1. The quantitative estimate of drug-likeness (QED) is 0.505. The van der Waals surface area contributed by atoms with Crippen LogP contribution in [0.25, 0.3) is 0 Å². The minimum absolute atomic E-state index is 0.112. The lowest BCUT2D eigenvalue weighted by Gasteiger charge is -2.41. The summed E-state index contributed by atoms with van der Waals surface area (Å²) in [7, 11) is -3.61. The highest BCUT2D eigenvalue weighted by Gasteiger charge is 2.44. The van der Waals surface area contributed by atoms with E-state index >= 15 is 0 Å². The number of ether oxygens (including phenoxy) is 2. The maximum atomic E-state index is 13.5. The fourth-order valence-electron chi connectivity index (χ4n) is 3.34. The minimum Gasteiger partial charge on any atom is -0.495 e. The van der Waals surface area contributed by atoms with Crippen LogP contribution in [-0.4, -0.2) is 43.0 Å². The SMILES string of the molecule is C=C(OCC)C1(Oc2cccc(F)n2)CCN(S(=O)(=O)c2ccc(C)cc2)CC1. The molecule has 0 radical (unpaired) electrons. The molecule has 29 heavy (non-hydrogen) atoms. The van der Waals surface area contributed by atoms with Crippen molar-refractivity contribution in [3.63, 3.8) is 0 Å². The summed E-state index contributed by atoms with van der Waals surface area (Å²) in [5.74, 6) is -0.154. The average molecular weight is 421 g/mol. The van der Waals surface area contributed by atoms with Crippen LogP contribution in [0.3, 0.4) is 0 Å². The number of rotatable bonds is 7. The van der Waals surface area contributed by atoms with Crippen LogP contribution in [0.2, 0.25) is 0 Å². The standard InChI is InChI=1S/C21H25FN2O4S/c1-4-27-17(3)21(28-20-7-5-6-19(22)23-20)12-14-24(15-13-21)29(25,26)18-10-8-16(2)9-11-18/h5-11H,3-4,12-15H2,1-2H3. The van der Waals surface area contributed by atoms with E-state index in [9.17, 15) is 12.8 Å². The monoisotopic (exact) mass is 420 g/mol. The molecule has 0 unspecified atom stereocenters. The first kappa shape index (κ1) is 21.3. The van der Waals surface area contributed by atoms with E-state index < -0.39 is 21.6 Å². The molecule has 2 heterocycles. The Morgan fingerprint density at radius 2 is 1.86 bits per heavy atom. The molecule has 0 atom stereocenters. The first-order chi connectivity index (χ1) is 13.8. The van der Waals surface area contributed by atoms with E-state index in [1.165, 1.54) is 16.4 Å². The summed E-state index contributed by atoms with van der Waals surface area (Å²) in [4.78, 5) is 4.02. The number of hydrogen-bond donors (Lipinski definition) is 0. The van der Waals surface area contributed by atoms with Gasteiger partial charge in [-0.3, -0.25) is 0 Å². The van der Waals surface area contributed by atoms with Crippen molar-refractivity contribution >= 4 is 10.0 Å². The van der Waals surface area contributed by atoms with Crippen LogP contribution in [0.15, 0.2) is 59.7 Å². The van der Waals surface area contributed by atoms with Gasteiger partial charge < -0.3 is 9.47 Å². The molecule has 0 spiro atoms. The molecular formula is C21H25FN2O4S. The molecule has 3 rings (SSSR count).